The Hall–Kier alpha value is -1.13. The van der Waals surface area contributed by atoms with E-state index in [0.717, 1.165) is 24.9 Å². The quantitative estimate of drug-likeness (QED) is 0.905. The lowest BCUT2D eigenvalue weighted by atomic mass is 10.0. The lowest BCUT2D eigenvalue weighted by molar-refractivity contribution is 0.0697. The van der Waals surface area contributed by atoms with Crippen molar-refractivity contribution in [1.29, 1.82) is 0 Å². The van der Waals surface area contributed by atoms with E-state index in [0.29, 0.717) is 18.2 Å². The van der Waals surface area contributed by atoms with Gasteiger partial charge in [-0.05, 0) is 44.5 Å². The first-order valence-corrected chi connectivity index (χ1v) is 6.34. The highest BCUT2D eigenvalue weighted by atomic mass is 35.5. The zero-order valence-electron chi connectivity index (χ0n) is 11.3. The van der Waals surface area contributed by atoms with Crippen molar-refractivity contribution in [2.75, 3.05) is 20.1 Å². The van der Waals surface area contributed by atoms with Gasteiger partial charge in [0.2, 0.25) is 0 Å². The van der Waals surface area contributed by atoms with Gasteiger partial charge in [-0.15, -0.1) is 12.4 Å². The number of carbonyl (C=O) groups is 1. The molecular formula is C14H20ClFN2O. The minimum Gasteiger partial charge on any atom is -0.337 e. The summed E-state index contributed by atoms with van der Waals surface area (Å²) in [5.74, 6) is -0.418. The summed E-state index contributed by atoms with van der Waals surface area (Å²) in [6.07, 6.45) is 2.08. The molecule has 1 aromatic carbocycles. The first-order valence-electron chi connectivity index (χ1n) is 6.34. The van der Waals surface area contributed by atoms with E-state index in [1.165, 1.54) is 12.1 Å². The van der Waals surface area contributed by atoms with Crippen LogP contribution in [0.5, 0.6) is 0 Å². The number of benzene rings is 1. The molecule has 0 aromatic heterocycles. The van der Waals surface area contributed by atoms with E-state index in [-0.39, 0.29) is 24.1 Å². The Morgan fingerprint density at radius 1 is 1.47 bits per heavy atom. The van der Waals surface area contributed by atoms with E-state index in [4.69, 9.17) is 0 Å². The van der Waals surface area contributed by atoms with E-state index < -0.39 is 0 Å². The third-order valence-corrected chi connectivity index (χ3v) is 3.55. The number of hydrogen-bond donors (Lipinski definition) is 1. The van der Waals surface area contributed by atoms with Crippen LogP contribution in [0.4, 0.5) is 4.39 Å². The number of hydrogen-bond acceptors (Lipinski definition) is 2. The van der Waals surface area contributed by atoms with Crippen LogP contribution in [-0.2, 0) is 0 Å². The zero-order chi connectivity index (χ0) is 13.1. The molecule has 106 valence electrons. The molecule has 1 aromatic rings. The van der Waals surface area contributed by atoms with Gasteiger partial charge in [0.05, 0.1) is 0 Å². The summed E-state index contributed by atoms with van der Waals surface area (Å²) >= 11 is 0. The van der Waals surface area contributed by atoms with Gasteiger partial charge in [0.25, 0.3) is 5.91 Å². The fraction of sp³-hybridized carbons (Fsp3) is 0.500. The predicted octanol–water partition coefficient (Wildman–Crippen LogP) is 2.38. The van der Waals surface area contributed by atoms with Gasteiger partial charge in [-0.25, -0.2) is 4.39 Å². The van der Waals surface area contributed by atoms with Crippen molar-refractivity contribution in [3.63, 3.8) is 0 Å². The molecule has 0 radical (unpaired) electrons. The van der Waals surface area contributed by atoms with Crippen molar-refractivity contribution in [2.45, 2.75) is 25.8 Å². The summed E-state index contributed by atoms with van der Waals surface area (Å²) in [4.78, 5) is 14.2. The van der Waals surface area contributed by atoms with E-state index in [1.807, 2.05) is 18.9 Å². The van der Waals surface area contributed by atoms with E-state index in [2.05, 4.69) is 5.32 Å². The molecule has 0 saturated carbocycles. The fourth-order valence-electron chi connectivity index (χ4n) is 2.39. The average Bonchev–Trinajstić information content (AvgIpc) is 2.41. The van der Waals surface area contributed by atoms with E-state index >= 15 is 0 Å². The molecule has 19 heavy (non-hydrogen) atoms. The number of likely N-dealkylation sites (tertiary alicyclic amines) is 1. The number of piperidine rings is 1. The fourth-order valence-corrected chi connectivity index (χ4v) is 2.39. The average molecular weight is 287 g/mol. The molecule has 2 rings (SSSR count). The van der Waals surface area contributed by atoms with Gasteiger partial charge in [-0.2, -0.15) is 0 Å². The van der Waals surface area contributed by atoms with Crippen LogP contribution in [0.1, 0.15) is 28.8 Å². The molecular weight excluding hydrogens is 267 g/mol. The largest absolute Gasteiger partial charge is 0.337 e. The molecule has 1 amide bonds. The number of nitrogens with one attached hydrogen (secondary N) is 1. The van der Waals surface area contributed by atoms with Crippen LogP contribution in [0.2, 0.25) is 0 Å². The maximum absolute atomic E-state index is 13.2. The minimum atomic E-state index is -0.355. The highest BCUT2D eigenvalue weighted by Gasteiger charge is 2.24. The lowest BCUT2D eigenvalue weighted by Gasteiger charge is -2.33. The Labute approximate surface area is 119 Å². The number of rotatable bonds is 2. The summed E-state index contributed by atoms with van der Waals surface area (Å²) in [6, 6.07) is 4.72. The van der Waals surface area contributed by atoms with Crippen LogP contribution in [0.15, 0.2) is 18.2 Å². The topological polar surface area (TPSA) is 32.3 Å². The van der Waals surface area contributed by atoms with Gasteiger partial charge in [0, 0.05) is 24.7 Å². The zero-order valence-corrected chi connectivity index (χ0v) is 12.1. The second kappa shape index (κ2) is 6.87. The van der Waals surface area contributed by atoms with Gasteiger partial charge in [0.1, 0.15) is 5.82 Å². The number of carbonyl (C=O) groups excluding carboxylic acids is 1. The molecule has 1 N–H and O–H groups in total. The normalized spacial score (nSPS) is 18.9. The Kier molecular flexibility index (Phi) is 5.76. The molecule has 1 aliphatic heterocycles. The molecule has 0 bridgehead atoms. The summed E-state index contributed by atoms with van der Waals surface area (Å²) in [6.45, 7) is 3.30. The summed E-state index contributed by atoms with van der Waals surface area (Å²) < 4.78 is 13.2. The van der Waals surface area contributed by atoms with Crippen LogP contribution in [0, 0.1) is 12.7 Å². The number of halogens is 2. The third kappa shape index (κ3) is 3.67. The van der Waals surface area contributed by atoms with Gasteiger partial charge < -0.3 is 10.2 Å². The van der Waals surface area contributed by atoms with Crippen LogP contribution in [-0.4, -0.2) is 37.0 Å². The Bertz CT molecular complexity index is 453. The number of amides is 1. The minimum absolute atomic E-state index is 0. The number of nitrogens with zero attached hydrogens (tertiary/aromatic N) is 1. The van der Waals surface area contributed by atoms with Crippen molar-refractivity contribution in [2.24, 2.45) is 0 Å². The summed E-state index contributed by atoms with van der Waals surface area (Å²) in [5.41, 5.74) is 1.31. The molecule has 1 unspecified atom stereocenters. The van der Waals surface area contributed by atoms with Crippen molar-refractivity contribution in [3.8, 4) is 0 Å². The third-order valence-electron chi connectivity index (χ3n) is 3.55. The van der Waals surface area contributed by atoms with E-state index in [1.54, 1.807) is 6.07 Å². The molecule has 1 aliphatic rings. The molecule has 1 saturated heterocycles. The highest BCUT2D eigenvalue weighted by molar-refractivity contribution is 5.95. The van der Waals surface area contributed by atoms with Gasteiger partial charge in [-0.1, -0.05) is 6.07 Å². The number of aryl methyl sites for hydroxylation is 1. The summed E-state index contributed by atoms with van der Waals surface area (Å²) in [5, 5.41) is 3.20. The molecule has 0 aliphatic carbocycles. The molecule has 0 spiro atoms. The SMILES string of the molecule is CNC1CCCN(C(=O)c2cc(F)ccc2C)C1.Cl. The van der Waals surface area contributed by atoms with Crippen LogP contribution in [0.3, 0.4) is 0 Å². The van der Waals surface area contributed by atoms with E-state index in [9.17, 15) is 9.18 Å². The predicted molar refractivity (Wildman–Crippen MR) is 76.4 cm³/mol. The molecule has 3 nitrogen and oxygen atoms in total. The van der Waals surface area contributed by atoms with Crippen molar-refractivity contribution >= 4 is 18.3 Å². The number of likely N-dealkylation sites (N-methyl/N-ethyl adjacent to an activating group) is 1. The maximum atomic E-state index is 13.2. The molecule has 1 heterocycles. The smallest absolute Gasteiger partial charge is 0.254 e. The molecule has 1 atom stereocenters. The monoisotopic (exact) mass is 286 g/mol. The first kappa shape index (κ1) is 15.9. The second-order valence-corrected chi connectivity index (χ2v) is 4.84. The maximum Gasteiger partial charge on any atom is 0.254 e. The lowest BCUT2D eigenvalue weighted by Crippen LogP contribution is -2.47. The standard InChI is InChI=1S/C14H19FN2O.ClH/c1-10-5-6-11(15)8-13(10)14(18)17-7-3-4-12(9-17)16-2;/h5-6,8,12,16H,3-4,7,9H2,1-2H3;1H. The first-order chi connectivity index (χ1) is 8.61. The van der Waals surface area contributed by atoms with Crippen molar-refractivity contribution in [3.05, 3.63) is 35.1 Å². The molecule has 5 heteroatoms. The van der Waals surface area contributed by atoms with Crippen LogP contribution >= 0.6 is 12.4 Å². The van der Waals surface area contributed by atoms with Crippen LogP contribution in [0.25, 0.3) is 0 Å². The van der Waals surface area contributed by atoms with Gasteiger partial charge in [0.15, 0.2) is 0 Å². The Morgan fingerprint density at radius 3 is 2.89 bits per heavy atom. The highest BCUT2D eigenvalue weighted by Crippen LogP contribution is 2.17. The van der Waals surface area contributed by atoms with Crippen molar-refractivity contribution in [1.82, 2.24) is 10.2 Å². The van der Waals surface area contributed by atoms with Crippen molar-refractivity contribution < 1.29 is 9.18 Å². The van der Waals surface area contributed by atoms with Gasteiger partial charge in [-0.3, -0.25) is 4.79 Å². The van der Waals surface area contributed by atoms with Gasteiger partial charge >= 0.3 is 0 Å². The Morgan fingerprint density at radius 2 is 2.21 bits per heavy atom. The summed E-state index contributed by atoms with van der Waals surface area (Å²) in [7, 11) is 1.91. The molecule has 1 fully saturated rings. The Balaban J connectivity index is 0.00000180. The van der Waals surface area contributed by atoms with Crippen LogP contribution < -0.4 is 5.32 Å². The second-order valence-electron chi connectivity index (χ2n) is 4.84.